The predicted molar refractivity (Wildman–Crippen MR) is 80.7 cm³/mol. The first-order valence-electron chi connectivity index (χ1n) is 6.82. The lowest BCUT2D eigenvalue weighted by Gasteiger charge is -2.20. The monoisotopic (exact) mass is 301 g/mol. The minimum absolute atomic E-state index is 0.220. The van der Waals surface area contributed by atoms with E-state index in [1.54, 1.807) is 11.8 Å². The molecule has 6 heteroatoms. The Kier molecular flexibility index (Phi) is 3.84. The number of nitrogens with zero attached hydrogens (tertiary/aromatic N) is 2. The average molecular weight is 301 g/mol. The number of oxime groups is 1. The summed E-state index contributed by atoms with van der Waals surface area (Å²) in [6.45, 7) is 0. The van der Waals surface area contributed by atoms with Crippen molar-refractivity contribution in [2.75, 3.05) is 11.5 Å². The normalized spacial score (nSPS) is 27.6. The van der Waals surface area contributed by atoms with E-state index < -0.39 is 5.54 Å². The third kappa shape index (κ3) is 2.88. The van der Waals surface area contributed by atoms with Crippen molar-refractivity contribution in [1.82, 2.24) is 5.32 Å². The van der Waals surface area contributed by atoms with Gasteiger partial charge in [0.25, 0.3) is 5.91 Å². The van der Waals surface area contributed by atoms with Crippen molar-refractivity contribution >= 4 is 23.4 Å². The molecule has 1 aromatic rings. The van der Waals surface area contributed by atoms with Crippen molar-refractivity contribution in [1.29, 1.82) is 5.26 Å². The third-order valence-corrected chi connectivity index (χ3v) is 4.88. The van der Waals surface area contributed by atoms with Crippen molar-refractivity contribution in [3.63, 3.8) is 0 Å². The maximum absolute atomic E-state index is 12.3. The van der Waals surface area contributed by atoms with Gasteiger partial charge in [-0.1, -0.05) is 35.5 Å². The van der Waals surface area contributed by atoms with Gasteiger partial charge >= 0.3 is 0 Å². The number of carbonyl (C=O) groups excluding carboxylic acids is 1. The molecule has 2 atom stereocenters. The molecule has 108 valence electrons. The molecule has 2 aliphatic rings. The van der Waals surface area contributed by atoms with Gasteiger partial charge in [0.1, 0.15) is 11.3 Å². The number of rotatable bonds is 3. The van der Waals surface area contributed by atoms with E-state index in [2.05, 4.69) is 16.5 Å². The molecule has 2 aliphatic heterocycles. The Labute approximate surface area is 127 Å². The largest absolute Gasteiger partial charge is 0.387 e. The van der Waals surface area contributed by atoms with Gasteiger partial charge in [0, 0.05) is 12.2 Å². The highest BCUT2D eigenvalue weighted by atomic mass is 32.2. The zero-order valence-corrected chi connectivity index (χ0v) is 12.2. The summed E-state index contributed by atoms with van der Waals surface area (Å²) in [5.74, 6) is 1.23. The van der Waals surface area contributed by atoms with E-state index >= 15 is 0 Å². The summed E-state index contributed by atoms with van der Waals surface area (Å²) in [6.07, 6.45) is 0.892. The van der Waals surface area contributed by atoms with E-state index in [1.807, 2.05) is 30.3 Å². The highest BCUT2D eigenvalue weighted by Crippen LogP contribution is 2.29. The Morgan fingerprint density at radius 1 is 1.48 bits per heavy atom. The van der Waals surface area contributed by atoms with E-state index in [-0.39, 0.29) is 12.0 Å². The highest BCUT2D eigenvalue weighted by Gasteiger charge is 2.38. The van der Waals surface area contributed by atoms with Crippen molar-refractivity contribution in [2.24, 2.45) is 5.16 Å². The van der Waals surface area contributed by atoms with E-state index in [0.717, 1.165) is 11.3 Å². The van der Waals surface area contributed by atoms with Crippen LogP contribution in [0.1, 0.15) is 24.5 Å². The molecule has 0 spiro atoms. The lowest BCUT2D eigenvalue weighted by atomic mass is 9.99. The second-order valence-corrected chi connectivity index (χ2v) is 6.30. The Bertz CT molecular complexity index is 603. The summed E-state index contributed by atoms with van der Waals surface area (Å²) in [7, 11) is 0. The maximum atomic E-state index is 12.3. The molecule has 2 heterocycles. The summed E-state index contributed by atoms with van der Waals surface area (Å²) in [6, 6.07) is 11.9. The first kappa shape index (κ1) is 14.0. The number of amides is 1. The molecule has 0 saturated carbocycles. The molecular weight excluding hydrogens is 286 g/mol. The summed E-state index contributed by atoms with van der Waals surface area (Å²) in [5, 5.41) is 16.0. The predicted octanol–water partition coefficient (Wildman–Crippen LogP) is 2.02. The number of benzene rings is 1. The fraction of sp³-hybridized carbons (Fsp3) is 0.400. The molecule has 0 unspecified atom stereocenters. The maximum Gasteiger partial charge on any atom is 0.270 e. The number of carbonyl (C=O) groups is 1. The molecule has 1 saturated heterocycles. The van der Waals surface area contributed by atoms with Gasteiger partial charge in [0.05, 0.1) is 6.07 Å². The van der Waals surface area contributed by atoms with E-state index in [4.69, 9.17) is 4.84 Å². The number of nitrogens with one attached hydrogen (secondary N) is 1. The lowest BCUT2D eigenvalue weighted by Crippen LogP contribution is -2.49. The molecule has 1 amide bonds. The van der Waals surface area contributed by atoms with Crippen molar-refractivity contribution in [2.45, 2.75) is 24.5 Å². The number of nitriles is 1. The zero-order valence-electron chi connectivity index (χ0n) is 11.4. The highest BCUT2D eigenvalue weighted by molar-refractivity contribution is 7.99. The molecule has 3 rings (SSSR count). The zero-order chi connectivity index (χ0) is 14.7. The van der Waals surface area contributed by atoms with Crippen LogP contribution in [0.25, 0.3) is 0 Å². The van der Waals surface area contributed by atoms with Gasteiger partial charge in [-0.2, -0.15) is 17.0 Å². The molecule has 0 aliphatic carbocycles. The van der Waals surface area contributed by atoms with Crippen LogP contribution in [0.2, 0.25) is 0 Å². The molecule has 1 fully saturated rings. The van der Waals surface area contributed by atoms with Gasteiger partial charge in [-0.15, -0.1) is 0 Å². The summed E-state index contributed by atoms with van der Waals surface area (Å²) in [5.41, 5.74) is 0.598. The summed E-state index contributed by atoms with van der Waals surface area (Å²) >= 11 is 1.68. The molecule has 0 radical (unpaired) electrons. The van der Waals surface area contributed by atoms with Crippen molar-refractivity contribution in [3.8, 4) is 6.07 Å². The van der Waals surface area contributed by atoms with Gasteiger partial charge in [-0.3, -0.25) is 4.79 Å². The Hall–Kier alpha value is -2.00. The van der Waals surface area contributed by atoms with E-state index in [9.17, 15) is 10.1 Å². The molecule has 21 heavy (non-hydrogen) atoms. The van der Waals surface area contributed by atoms with Gasteiger partial charge in [0.2, 0.25) is 0 Å². The Balaban J connectivity index is 1.64. The quantitative estimate of drug-likeness (QED) is 0.927. The van der Waals surface area contributed by atoms with Crippen LogP contribution >= 0.6 is 11.8 Å². The van der Waals surface area contributed by atoms with Gasteiger partial charge in [-0.05, 0) is 17.7 Å². The second-order valence-electron chi connectivity index (χ2n) is 5.20. The van der Waals surface area contributed by atoms with Crippen LogP contribution in [0.5, 0.6) is 0 Å². The number of thioether (sulfide) groups is 1. The van der Waals surface area contributed by atoms with Crippen LogP contribution in [-0.4, -0.2) is 28.7 Å². The topological polar surface area (TPSA) is 74.5 Å². The van der Waals surface area contributed by atoms with Crippen molar-refractivity contribution < 1.29 is 9.63 Å². The molecule has 5 nitrogen and oxygen atoms in total. The number of hydrogen-bond acceptors (Lipinski definition) is 5. The number of hydrogen-bond donors (Lipinski definition) is 1. The molecular formula is C15H15N3O2S. The summed E-state index contributed by atoms with van der Waals surface area (Å²) < 4.78 is 0. The molecule has 1 aromatic carbocycles. The van der Waals surface area contributed by atoms with Crippen molar-refractivity contribution in [3.05, 3.63) is 35.9 Å². The fourth-order valence-electron chi connectivity index (χ4n) is 2.43. The minimum Gasteiger partial charge on any atom is -0.387 e. The van der Waals surface area contributed by atoms with E-state index in [1.165, 1.54) is 0 Å². The minimum atomic E-state index is -0.755. The first-order chi connectivity index (χ1) is 10.2. The van der Waals surface area contributed by atoms with Crippen LogP contribution in [0.3, 0.4) is 0 Å². The summed E-state index contributed by atoms with van der Waals surface area (Å²) in [4.78, 5) is 17.6. The van der Waals surface area contributed by atoms with E-state index in [0.29, 0.717) is 24.3 Å². The Morgan fingerprint density at radius 3 is 2.95 bits per heavy atom. The van der Waals surface area contributed by atoms with Gasteiger partial charge in [0.15, 0.2) is 6.10 Å². The SMILES string of the molecule is N#C[C@@]1(NC(=O)C2=NO[C@@H](c3ccccc3)C2)CCSC1. The van der Waals surface area contributed by atoms with Gasteiger partial charge < -0.3 is 10.2 Å². The van der Waals surface area contributed by atoms with Crippen LogP contribution in [0.15, 0.2) is 35.5 Å². The van der Waals surface area contributed by atoms with Crippen LogP contribution < -0.4 is 5.32 Å². The fourth-order valence-corrected chi connectivity index (χ4v) is 3.69. The van der Waals surface area contributed by atoms with Crippen LogP contribution in [0.4, 0.5) is 0 Å². The van der Waals surface area contributed by atoms with Crippen LogP contribution in [0, 0.1) is 11.3 Å². The molecule has 0 bridgehead atoms. The lowest BCUT2D eigenvalue weighted by molar-refractivity contribution is -0.116. The smallest absolute Gasteiger partial charge is 0.270 e. The molecule has 0 aromatic heterocycles. The standard InChI is InChI=1S/C15H15N3O2S/c16-9-15(6-7-21-10-15)17-14(19)12-8-13(20-18-12)11-4-2-1-3-5-11/h1-5,13H,6-8,10H2,(H,17,19)/t13-,15+/m1/s1. The molecule has 1 N–H and O–H groups in total. The average Bonchev–Trinajstić information content (AvgIpc) is 3.18. The van der Waals surface area contributed by atoms with Crippen LogP contribution in [-0.2, 0) is 9.63 Å². The Morgan fingerprint density at radius 2 is 2.29 bits per heavy atom. The first-order valence-corrected chi connectivity index (χ1v) is 7.97. The third-order valence-electron chi connectivity index (χ3n) is 3.69. The second kappa shape index (κ2) is 5.78. The van der Waals surface area contributed by atoms with Gasteiger partial charge in [-0.25, -0.2) is 0 Å².